The van der Waals surface area contributed by atoms with Gasteiger partial charge in [0.05, 0.1) is 16.9 Å². The second-order valence-corrected chi connectivity index (χ2v) is 8.24. The molecule has 0 unspecified atom stereocenters. The number of hydrogen-bond acceptors (Lipinski definition) is 6. The first-order chi connectivity index (χ1) is 18.3. The molecule has 0 radical (unpaired) electrons. The Kier molecular flexibility index (Phi) is 9.46. The lowest BCUT2D eigenvalue weighted by atomic mass is 10.1. The Hall–Kier alpha value is -4.48. The number of alkyl halides is 3. The van der Waals surface area contributed by atoms with Gasteiger partial charge in [-0.05, 0) is 67.6 Å². The molecular formula is C27H22Cl2F3N7O. The highest BCUT2D eigenvalue weighted by Crippen LogP contribution is 2.35. The van der Waals surface area contributed by atoms with E-state index in [9.17, 15) is 18.0 Å². The molecular weight excluding hydrogens is 566 g/mol. The fourth-order valence-corrected chi connectivity index (χ4v) is 3.81. The maximum atomic E-state index is 13.6. The average Bonchev–Trinajstić information content (AvgIpc) is 3.35. The van der Waals surface area contributed by atoms with Crippen molar-refractivity contribution in [2.75, 3.05) is 10.6 Å². The van der Waals surface area contributed by atoms with Crippen LogP contribution < -0.4 is 10.6 Å². The van der Waals surface area contributed by atoms with Crippen molar-refractivity contribution in [2.24, 2.45) is 0 Å². The Morgan fingerprint density at radius 2 is 1.65 bits per heavy atom. The summed E-state index contributed by atoms with van der Waals surface area (Å²) in [5.41, 5.74) is 1.78. The van der Waals surface area contributed by atoms with E-state index in [1.807, 2.05) is 12.1 Å². The van der Waals surface area contributed by atoms with E-state index < -0.39 is 17.6 Å². The molecule has 8 nitrogen and oxygen atoms in total. The van der Waals surface area contributed by atoms with Gasteiger partial charge in [0.2, 0.25) is 5.95 Å². The Morgan fingerprint density at radius 3 is 2.30 bits per heavy atom. The fourth-order valence-electron chi connectivity index (χ4n) is 3.81. The second kappa shape index (κ2) is 12.6. The maximum absolute atomic E-state index is 13.6. The number of rotatable bonds is 6. The molecule has 0 saturated carbocycles. The van der Waals surface area contributed by atoms with Gasteiger partial charge in [-0.25, -0.2) is 15.0 Å². The average molecular weight is 588 g/mol. The summed E-state index contributed by atoms with van der Waals surface area (Å²) in [5.74, 6) is 0.284. The summed E-state index contributed by atoms with van der Waals surface area (Å²) in [6, 6.07) is 15.5. The van der Waals surface area contributed by atoms with Gasteiger partial charge < -0.3 is 15.2 Å². The number of pyridine rings is 1. The van der Waals surface area contributed by atoms with Gasteiger partial charge in [0.1, 0.15) is 5.82 Å². The van der Waals surface area contributed by atoms with E-state index in [1.165, 1.54) is 29.1 Å². The first-order valence-corrected chi connectivity index (χ1v) is 11.4. The summed E-state index contributed by atoms with van der Waals surface area (Å²) in [6.07, 6.45) is 3.29. The number of nitrogens with one attached hydrogen (secondary N) is 2. The van der Waals surface area contributed by atoms with Crippen molar-refractivity contribution in [1.29, 1.82) is 0 Å². The molecule has 0 spiro atoms. The normalized spacial score (nSPS) is 10.7. The third-order valence-corrected chi connectivity index (χ3v) is 5.66. The van der Waals surface area contributed by atoms with Crippen LogP contribution in [0.4, 0.5) is 30.5 Å². The number of halogens is 5. The van der Waals surface area contributed by atoms with Crippen LogP contribution in [0.25, 0.3) is 16.9 Å². The molecule has 0 atom stereocenters. The molecule has 0 aliphatic carbocycles. The van der Waals surface area contributed by atoms with E-state index >= 15 is 0 Å². The van der Waals surface area contributed by atoms with Gasteiger partial charge in [-0.3, -0.25) is 9.78 Å². The monoisotopic (exact) mass is 587 g/mol. The van der Waals surface area contributed by atoms with Crippen LogP contribution in [0.3, 0.4) is 0 Å². The van der Waals surface area contributed by atoms with E-state index in [0.29, 0.717) is 28.7 Å². The van der Waals surface area contributed by atoms with Crippen LogP contribution in [0.15, 0.2) is 91.6 Å². The molecule has 13 heteroatoms. The Morgan fingerprint density at radius 1 is 0.900 bits per heavy atom. The van der Waals surface area contributed by atoms with Crippen LogP contribution in [0, 0.1) is 6.92 Å². The van der Waals surface area contributed by atoms with Crippen LogP contribution in [-0.4, -0.2) is 30.4 Å². The van der Waals surface area contributed by atoms with Crippen molar-refractivity contribution in [2.45, 2.75) is 13.1 Å². The van der Waals surface area contributed by atoms with Gasteiger partial charge in [-0.15, -0.1) is 24.8 Å². The molecule has 2 N–H and O–H groups in total. The lowest BCUT2D eigenvalue weighted by Crippen LogP contribution is -2.15. The predicted octanol–water partition coefficient (Wildman–Crippen LogP) is 6.89. The molecule has 0 aliphatic rings. The smallest absolute Gasteiger partial charge is 0.324 e. The highest BCUT2D eigenvalue weighted by Gasteiger charge is 2.34. The van der Waals surface area contributed by atoms with Crippen molar-refractivity contribution in [3.05, 3.63) is 109 Å². The summed E-state index contributed by atoms with van der Waals surface area (Å²) in [7, 11) is 0. The zero-order valence-corrected chi connectivity index (χ0v) is 22.4. The van der Waals surface area contributed by atoms with Crippen molar-refractivity contribution >= 4 is 48.0 Å². The summed E-state index contributed by atoms with van der Waals surface area (Å²) in [6.45, 7) is 1.60. The summed E-state index contributed by atoms with van der Waals surface area (Å²) in [5, 5.41) is 5.75. The van der Waals surface area contributed by atoms with Crippen molar-refractivity contribution in [1.82, 2.24) is 24.5 Å². The lowest BCUT2D eigenvalue weighted by Gasteiger charge is -2.16. The molecule has 0 aliphatic heterocycles. The quantitative estimate of drug-likeness (QED) is 0.224. The van der Waals surface area contributed by atoms with Crippen molar-refractivity contribution < 1.29 is 18.0 Å². The van der Waals surface area contributed by atoms with Gasteiger partial charge in [0.25, 0.3) is 5.91 Å². The van der Waals surface area contributed by atoms with Crippen LogP contribution in [0.2, 0.25) is 0 Å². The third kappa shape index (κ3) is 6.74. The molecule has 0 fully saturated rings. The predicted molar refractivity (Wildman–Crippen MR) is 151 cm³/mol. The minimum absolute atomic E-state index is 0. The molecule has 40 heavy (non-hydrogen) atoms. The number of carbonyl (C=O) groups excluding carboxylic acids is 1. The van der Waals surface area contributed by atoms with Gasteiger partial charge >= 0.3 is 6.18 Å². The summed E-state index contributed by atoms with van der Waals surface area (Å²) in [4.78, 5) is 29.6. The number of anilines is 3. The second-order valence-electron chi connectivity index (χ2n) is 8.24. The molecule has 1 amide bonds. The third-order valence-electron chi connectivity index (χ3n) is 5.66. The molecule has 0 saturated heterocycles. The fraction of sp³-hybridized carbons (Fsp3) is 0.0741. The van der Waals surface area contributed by atoms with Gasteiger partial charge in [-0.1, -0.05) is 0 Å². The van der Waals surface area contributed by atoms with Crippen LogP contribution >= 0.6 is 24.8 Å². The van der Waals surface area contributed by atoms with E-state index in [2.05, 4.69) is 30.6 Å². The van der Waals surface area contributed by atoms with Crippen LogP contribution in [0.5, 0.6) is 0 Å². The summed E-state index contributed by atoms with van der Waals surface area (Å²) < 4.78 is 42.1. The molecule has 206 valence electrons. The molecule has 5 aromatic rings. The highest BCUT2D eigenvalue weighted by atomic mass is 35.5. The Labute approximate surface area is 239 Å². The highest BCUT2D eigenvalue weighted by molar-refractivity contribution is 6.04. The standard InChI is InChI=1S/C27H20F3N7O.2ClH/c1-17-32-13-14-37(17)24-15-21(8-9-22(24)27(28,29)30)34-25(38)18-4-6-20(7-5-18)35-26-33-12-10-23(36-26)19-3-2-11-31-16-19;;/h2-16H,1H3,(H,34,38)(H,33,35,36);2*1H. The number of aryl methyl sites for hydroxylation is 1. The topological polar surface area (TPSA) is 97.6 Å². The number of amides is 1. The van der Waals surface area contributed by atoms with Crippen molar-refractivity contribution in [3.63, 3.8) is 0 Å². The van der Waals surface area contributed by atoms with Crippen LogP contribution in [-0.2, 0) is 6.18 Å². The SMILES string of the molecule is Cc1nccn1-c1cc(NC(=O)c2ccc(Nc3nccc(-c4cccnc4)n3)cc2)ccc1C(F)(F)F.Cl.Cl. The molecule has 0 bridgehead atoms. The van der Waals surface area contributed by atoms with Crippen LogP contribution in [0.1, 0.15) is 21.7 Å². The zero-order chi connectivity index (χ0) is 26.7. The zero-order valence-electron chi connectivity index (χ0n) is 20.8. The van der Waals surface area contributed by atoms with E-state index in [1.54, 1.807) is 55.8 Å². The first-order valence-electron chi connectivity index (χ1n) is 11.4. The molecule has 3 heterocycles. The largest absolute Gasteiger partial charge is 0.418 e. The minimum atomic E-state index is -4.57. The Bertz CT molecular complexity index is 1590. The lowest BCUT2D eigenvalue weighted by molar-refractivity contribution is -0.137. The Balaban J connectivity index is 0.00000220. The van der Waals surface area contributed by atoms with Gasteiger partial charge in [0, 0.05) is 53.5 Å². The molecule has 2 aromatic carbocycles. The van der Waals surface area contributed by atoms with Gasteiger partial charge in [-0.2, -0.15) is 13.2 Å². The first kappa shape index (κ1) is 30.1. The molecule has 3 aromatic heterocycles. The maximum Gasteiger partial charge on any atom is 0.418 e. The number of benzene rings is 2. The van der Waals surface area contributed by atoms with E-state index in [4.69, 9.17) is 0 Å². The number of aromatic nitrogens is 5. The van der Waals surface area contributed by atoms with Gasteiger partial charge in [0.15, 0.2) is 0 Å². The molecule has 5 rings (SSSR count). The number of imidazole rings is 1. The number of carbonyl (C=O) groups is 1. The van der Waals surface area contributed by atoms with Crippen molar-refractivity contribution in [3.8, 4) is 16.9 Å². The van der Waals surface area contributed by atoms with E-state index in [0.717, 1.165) is 11.6 Å². The van der Waals surface area contributed by atoms with E-state index in [-0.39, 0.29) is 36.2 Å². The summed E-state index contributed by atoms with van der Waals surface area (Å²) >= 11 is 0. The number of nitrogens with zero attached hydrogens (tertiary/aromatic N) is 5. The number of hydrogen-bond donors (Lipinski definition) is 2. The minimum Gasteiger partial charge on any atom is -0.324 e.